The van der Waals surface area contributed by atoms with Gasteiger partial charge >= 0.3 is 18.8 Å². The van der Waals surface area contributed by atoms with E-state index in [1.807, 2.05) is 0 Å². The van der Waals surface area contributed by atoms with Crippen LogP contribution in [0.1, 0.15) is 18.6 Å². The summed E-state index contributed by atoms with van der Waals surface area (Å²) < 4.78 is 80.1. The third-order valence-electron chi connectivity index (χ3n) is 2.12. The summed E-state index contributed by atoms with van der Waals surface area (Å²) in [6, 6.07) is 4.31. The molecule has 0 radical (unpaired) electrons. The molecule has 0 saturated carbocycles. The van der Waals surface area contributed by atoms with Crippen LogP contribution in [0.15, 0.2) is 24.3 Å². The molecule has 0 aromatic heterocycles. The van der Waals surface area contributed by atoms with Crippen LogP contribution in [0.4, 0.5) is 26.3 Å². The van der Waals surface area contributed by atoms with Crippen molar-refractivity contribution in [1.29, 1.82) is 0 Å². The molecule has 9 heteroatoms. The lowest BCUT2D eigenvalue weighted by atomic mass is 10.1. The van der Waals surface area contributed by atoms with E-state index in [-0.39, 0.29) is 0 Å². The Morgan fingerprint density at radius 1 is 1.05 bits per heavy atom. The molecule has 0 bridgehead atoms. The van der Waals surface area contributed by atoms with Gasteiger partial charge in [0.25, 0.3) is 0 Å². The van der Waals surface area contributed by atoms with E-state index < -0.39 is 30.7 Å². The van der Waals surface area contributed by atoms with Gasteiger partial charge in [-0.15, -0.1) is 13.2 Å². The van der Waals surface area contributed by atoms with Crippen LogP contribution >= 0.6 is 0 Å². The second kappa shape index (κ2) is 5.88. The van der Waals surface area contributed by atoms with Crippen molar-refractivity contribution in [2.75, 3.05) is 0 Å². The average Bonchev–Trinajstić information content (AvgIpc) is 2.26. The van der Waals surface area contributed by atoms with Crippen molar-refractivity contribution >= 4 is 0 Å². The third-order valence-corrected chi connectivity index (χ3v) is 2.12. The van der Waals surface area contributed by atoms with Crippen LogP contribution in [0, 0.1) is 0 Å². The molecule has 2 unspecified atom stereocenters. The maximum atomic E-state index is 13.0. The molecule has 0 aliphatic rings. The van der Waals surface area contributed by atoms with E-state index in [0.29, 0.717) is 5.56 Å². The monoisotopic (exact) mass is 304 g/mol. The first kappa shape index (κ1) is 16.6. The highest BCUT2D eigenvalue weighted by molar-refractivity contribution is 5.28. The highest BCUT2D eigenvalue weighted by atomic mass is 19.4. The van der Waals surface area contributed by atoms with Crippen molar-refractivity contribution in [3.8, 4) is 5.75 Å². The van der Waals surface area contributed by atoms with Crippen LogP contribution in [-0.4, -0.2) is 23.9 Å². The Labute approximate surface area is 109 Å². The summed E-state index contributed by atoms with van der Waals surface area (Å²) in [5, 5.41) is 9.17. The molecule has 0 fully saturated rings. The number of hydrogen-bond acceptors (Lipinski definition) is 3. The SMILES string of the molecule is CC(O)c1ccc(OC(F)(F)C(F)OC(F)(F)F)cc1. The average molecular weight is 304 g/mol. The summed E-state index contributed by atoms with van der Waals surface area (Å²) in [4.78, 5) is 0. The standard InChI is InChI=1S/C11H10F6O3/c1-6(18)7-2-4-8(5-3-7)19-10(13,14)9(12)20-11(15,16)17/h2-6,9,18H,1H3. The Bertz CT molecular complexity index is 429. The Kier molecular flexibility index (Phi) is 4.87. The van der Waals surface area contributed by atoms with Crippen LogP contribution in [0.25, 0.3) is 0 Å². The van der Waals surface area contributed by atoms with E-state index >= 15 is 0 Å². The number of aliphatic hydroxyl groups excluding tert-OH is 1. The molecule has 1 rings (SSSR count). The molecule has 1 aromatic carbocycles. The second-order valence-electron chi connectivity index (χ2n) is 3.79. The lowest BCUT2D eigenvalue weighted by Crippen LogP contribution is -2.41. The number of rotatable bonds is 5. The van der Waals surface area contributed by atoms with Gasteiger partial charge in [0.2, 0.25) is 0 Å². The van der Waals surface area contributed by atoms with Crippen LogP contribution in [0.2, 0.25) is 0 Å². The zero-order valence-electron chi connectivity index (χ0n) is 10.00. The summed E-state index contributed by atoms with van der Waals surface area (Å²) >= 11 is 0. The molecule has 0 spiro atoms. The Morgan fingerprint density at radius 2 is 1.55 bits per heavy atom. The maximum Gasteiger partial charge on any atom is 0.525 e. The van der Waals surface area contributed by atoms with Crippen LogP contribution in [-0.2, 0) is 4.74 Å². The molecule has 0 amide bonds. The second-order valence-corrected chi connectivity index (χ2v) is 3.79. The quantitative estimate of drug-likeness (QED) is 0.846. The number of hydrogen-bond donors (Lipinski definition) is 1. The van der Waals surface area contributed by atoms with Crippen molar-refractivity contribution < 1.29 is 40.9 Å². The zero-order chi connectivity index (χ0) is 15.6. The van der Waals surface area contributed by atoms with Crippen LogP contribution in [0.3, 0.4) is 0 Å². The van der Waals surface area contributed by atoms with Gasteiger partial charge in [0.15, 0.2) is 0 Å². The fourth-order valence-corrected chi connectivity index (χ4v) is 1.20. The van der Waals surface area contributed by atoms with Gasteiger partial charge in [0.1, 0.15) is 5.75 Å². The van der Waals surface area contributed by atoms with Crippen LogP contribution in [0.5, 0.6) is 5.75 Å². The number of halogens is 6. The fourth-order valence-electron chi connectivity index (χ4n) is 1.20. The molecule has 1 N–H and O–H groups in total. The number of aliphatic hydroxyl groups is 1. The minimum atomic E-state index is -5.55. The van der Waals surface area contributed by atoms with E-state index in [1.54, 1.807) is 0 Å². The molecule has 0 heterocycles. The minimum Gasteiger partial charge on any atom is -0.429 e. The minimum absolute atomic E-state index is 0.365. The first-order valence-electron chi connectivity index (χ1n) is 5.25. The van der Waals surface area contributed by atoms with Gasteiger partial charge in [-0.2, -0.15) is 8.78 Å². The predicted octanol–water partition coefficient (Wildman–Crippen LogP) is 3.54. The van der Waals surface area contributed by atoms with Gasteiger partial charge < -0.3 is 9.84 Å². The van der Waals surface area contributed by atoms with Gasteiger partial charge in [-0.3, -0.25) is 0 Å². The van der Waals surface area contributed by atoms with E-state index in [4.69, 9.17) is 5.11 Å². The molecule has 0 aliphatic heterocycles. The summed E-state index contributed by atoms with van der Waals surface area (Å²) in [6.45, 7) is 1.42. The first-order valence-corrected chi connectivity index (χ1v) is 5.25. The van der Waals surface area contributed by atoms with E-state index in [9.17, 15) is 26.3 Å². The van der Waals surface area contributed by atoms with E-state index in [1.165, 1.54) is 19.1 Å². The van der Waals surface area contributed by atoms with Crippen molar-refractivity contribution in [2.45, 2.75) is 31.9 Å². The van der Waals surface area contributed by atoms with Crippen molar-refractivity contribution in [3.05, 3.63) is 29.8 Å². The Balaban J connectivity index is 2.74. The van der Waals surface area contributed by atoms with Crippen molar-refractivity contribution in [2.24, 2.45) is 0 Å². The Morgan fingerprint density at radius 3 is 1.95 bits per heavy atom. The predicted molar refractivity (Wildman–Crippen MR) is 54.7 cm³/mol. The molecular formula is C11H10F6O3. The molecule has 0 saturated heterocycles. The summed E-state index contributed by atoms with van der Waals surface area (Å²) in [6.07, 6.45) is -15.2. The molecule has 2 atom stereocenters. The lowest BCUT2D eigenvalue weighted by Gasteiger charge is -2.22. The fraction of sp³-hybridized carbons (Fsp3) is 0.455. The van der Waals surface area contributed by atoms with E-state index in [2.05, 4.69) is 9.47 Å². The van der Waals surface area contributed by atoms with Gasteiger partial charge in [-0.1, -0.05) is 12.1 Å². The van der Waals surface area contributed by atoms with Gasteiger partial charge in [0, 0.05) is 0 Å². The maximum absolute atomic E-state index is 13.0. The molecule has 114 valence electrons. The van der Waals surface area contributed by atoms with Crippen molar-refractivity contribution in [3.63, 3.8) is 0 Å². The first-order chi connectivity index (χ1) is 9.01. The van der Waals surface area contributed by atoms with Crippen molar-refractivity contribution in [1.82, 2.24) is 0 Å². The number of benzene rings is 1. The molecule has 3 nitrogen and oxygen atoms in total. The van der Waals surface area contributed by atoms with Gasteiger partial charge in [-0.05, 0) is 24.6 Å². The topological polar surface area (TPSA) is 38.7 Å². The number of ether oxygens (including phenoxy) is 2. The zero-order valence-corrected chi connectivity index (χ0v) is 10.00. The summed E-state index contributed by atoms with van der Waals surface area (Å²) in [5.41, 5.74) is 0.365. The van der Waals surface area contributed by atoms with Gasteiger partial charge in [0.05, 0.1) is 6.10 Å². The highest BCUT2D eigenvalue weighted by Gasteiger charge is 2.50. The highest BCUT2D eigenvalue weighted by Crippen LogP contribution is 2.32. The normalized spacial score (nSPS) is 15.8. The Hall–Kier alpha value is -1.48. The summed E-state index contributed by atoms with van der Waals surface area (Å²) in [7, 11) is 0. The molecule has 20 heavy (non-hydrogen) atoms. The van der Waals surface area contributed by atoms with Crippen LogP contribution < -0.4 is 4.74 Å². The third kappa shape index (κ3) is 4.89. The largest absolute Gasteiger partial charge is 0.525 e. The van der Waals surface area contributed by atoms with E-state index in [0.717, 1.165) is 12.1 Å². The molecule has 1 aromatic rings. The summed E-state index contributed by atoms with van der Waals surface area (Å²) in [5.74, 6) is -0.576. The van der Waals surface area contributed by atoms with Gasteiger partial charge in [-0.25, -0.2) is 9.13 Å². The molecule has 0 aliphatic carbocycles. The smallest absolute Gasteiger partial charge is 0.429 e. The molecular weight excluding hydrogens is 294 g/mol. The number of alkyl halides is 6. The lowest BCUT2D eigenvalue weighted by molar-refractivity contribution is -0.411.